The van der Waals surface area contributed by atoms with E-state index < -0.39 is 5.60 Å². The summed E-state index contributed by atoms with van der Waals surface area (Å²) in [5.41, 5.74) is 4.56. The number of rotatable bonds is 5. The Labute approximate surface area is 217 Å². The van der Waals surface area contributed by atoms with Gasteiger partial charge in [0.15, 0.2) is 0 Å². The lowest BCUT2D eigenvalue weighted by Gasteiger charge is -2.41. The zero-order chi connectivity index (χ0) is 25.6. The molecule has 1 aromatic heterocycles. The molecule has 2 aromatic carbocycles. The number of hydrogen-bond acceptors (Lipinski definition) is 3. The molecule has 0 saturated heterocycles. The van der Waals surface area contributed by atoms with Gasteiger partial charge in [0.1, 0.15) is 11.5 Å². The van der Waals surface area contributed by atoms with Gasteiger partial charge in [0.25, 0.3) is 0 Å². The molecule has 7 heteroatoms. The van der Waals surface area contributed by atoms with Gasteiger partial charge in [-0.1, -0.05) is 30.3 Å². The molecule has 1 N–H and O–H groups in total. The number of alkyl halides is 1. The topological polar surface area (TPSA) is 65.6 Å². The lowest BCUT2D eigenvalue weighted by Crippen LogP contribution is -2.47. The molecule has 2 amide bonds. The average Bonchev–Trinajstić information content (AvgIpc) is 3.59. The normalized spacial score (nSPS) is 19.8. The molecule has 1 saturated carbocycles. The van der Waals surface area contributed by atoms with Crippen molar-refractivity contribution in [3.8, 4) is 0 Å². The number of fused-ring (bicyclic) bond motifs is 3. The van der Waals surface area contributed by atoms with E-state index in [4.69, 9.17) is 16.3 Å². The summed E-state index contributed by atoms with van der Waals surface area (Å²) in [5, 5.41) is 1.19. The third-order valence-electron chi connectivity index (χ3n) is 7.05. The fraction of sp³-hybridized carbons (Fsp3) is 0.448. The monoisotopic (exact) mass is 507 g/mol. The molecule has 5 rings (SSSR count). The molecule has 0 unspecified atom stereocenters. The summed E-state index contributed by atoms with van der Waals surface area (Å²) in [6.45, 7) is 8.38. The first kappa shape index (κ1) is 24.7. The fourth-order valence-electron chi connectivity index (χ4n) is 5.25. The lowest BCUT2D eigenvalue weighted by molar-refractivity contribution is -0.133. The zero-order valence-electron chi connectivity index (χ0n) is 21.4. The highest BCUT2D eigenvalue weighted by Gasteiger charge is 2.38. The van der Waals surface area contributed by atoms with Crippen LogP contribution in [0.1, 0.15) is 63.4 Å². The maximum atomic E-state index is 13.0. The van der Waals surface area contributed by atoms with E-state index in [-0.39, 0.29) is 30.0 Å². The molecule has 2 aliphatic rings. The van der Waals surface area contributed by atoms with E-state index in [0.717, 1.165) is 41.7 Å². The van der Waals surface area contributed by atoms with Crippen molar-refractivity contribution in [2.75, 3.05) is 17.3 Å². The number of nitrogens with one attached hydrogen (secondary N) is 1. The summed E-state index contributed by atoms with van der Waals surface area (Å²) in [6.07, 6.45) is 2.71. The van der Waals surface area contributed by atoms with Gasteiger partial charge < -0.3 is 14.6 Å². The number of nitrogens with zero attached hydrogens (tertiary/aromatic N) is 2. The lowest BCUT2D eigenvalue weighted by atomic mass is 9.88. The predicted molar refractivity (Wildman–Crippen MR) is 144 cm³/mol. The number of anilines is 1. The van der Waals surface area contributed by atoms with Crippen molar-refractivity contribution in [3.05, 3.63) is 65.4 Å². The van der Waals surface area contributed by atoms with Crippen molar-refractivity contribution in [2.45, 2.75) is 64.6 Å². The highest BCUT2D eigenvalue weighted by Crippen LogP contribution is 2.41. The quantitative estimate of drug-likeness (QED) is 0.405. The van der Waals surface area contributed by atoms with E-state index >= 15 is 0 Å². The van der Waals surface area contributed by atoms with Crippen LogP contribution in [0.4, 0.5) is 10.5 Å². The first-order valence-corrected chi connectivity index (χ1v) is 13.3. The molecule has 0 bridgehead atoms. The Morgan fingerprint density at radius 2 is 1.81 bits per heavy atom. The molecule has 1 aliphatic carbocycles. The van der Waals surface area contributed by atoms with Gasteiger partial charge in [-0.3, -0.25) is 9.69 Å². The van der Waals surface area contributed by atoms with Gasteiger partial charge in [0, 0.05) is 34.9 Å². The molecular formula is C29H34ClN3O3. The second-order valence-electron chi connectivity index (χ2n) is 11.1. The first-order chi connectivity index (χ1) is 17.2. The highest BCUT2D eigenvalue weighted by molar-refractivity contribution is 6.27. The van der Waals surface area contributed by atoms with Crippen LogP contribution in [0.5, 0.6) is 0 Å². The van der Waals surface area contributed by atoms with Gasteiger partial charge in [0.05, 0.1) is 6.04 Å². The van der Waals surface area contributed by atoms with Crippen LogP contribution in [0.25, 0.3) is 10.9 Å². The van der Waals surface area contributed by atoms with Crippen molar-refractivity contribution in [3.63, 3.8) is 0 Å². The summed E-state index contributed by atoms with van der Waals surface area (Å²) in [6, 6.07) is 16.0. The number of amides is 2. The van der Waals surface area contributed by atoms with Gasteiger partial charge in [-0.15, -0.1) is 11.6 Å². The molecule has 6 nitrogen and oxygen atoms in total. The minimum Gasteiger partial charge on any atom is -0.443 e. The van der Waals surface area contributed by atoms with Crippen molar-refractivity contribution in [1.82, 2.24) is 9.88 Å². The SMILES string of the molecule is C[C@H]1Cc2c([nH]c3ccccc23)[C@H](c2ccc(N(CC3CC3)C(=O)OC(C)(C)C)cc2)N1C(=O)CCl. The molecule has 3 aromatic rings. The third-order valence-corrected chi connectivity index (χ3v) is 7.28. The van der Waals surface area contributed by atoms with Crippen molar-refractivity contribution >= 4 is 40.2 Å². The number of H-pyrrole nitrogens is 1. The summed E-state index contributed by atoms with van der Waals surface area (Å²) in [5.74, 6) is 0.358. The number of ether oxygens (including phenoxy) is 1. The predicted octanol–water partition coefficient (Wildman–Crippen LogP) is 6.42. The number of carbonyl (C=O) groups excluding carboxylic acids is 2. The van der Waals surface area contributed by atoms with Crippen LogP contribution in [0.2, 0.25) is 0 Å². The van der Waals surface area contributed by atoms with Gasteiger partial charge in [-0.2, -0.15) is 0 Å². The van der Waals surface area contributed by atoms with E-state index in [1.165, 1.54) is 10.9 Å². The molecule has 2 atom stereocenters. The van der Waals surface area contributed by atoms with Crippen LogP contribution in [0.3, 0.4) is 0 Å². The van der Waals surface area contributed by atoms with E-state index in [1.807, 2.05) is 62.1 Å². The Morgan fingerprint density at radius 3 is 2.44 bits per heavy atom. The van der Waals surface area contributed by atoms with Crippen LogP contribution in [0.15, 0.2) is 48.5 Å². The summed E-state index contributed by atoms with van der Waals surface area (Å²) in [7, 11) is 0. The number of aromatic nitrogens is 1. The maximum absolute atomic E-state index is 13.0. The van der Waals surface area contributed by atoms with Crippen molar-refractivity contribution < 1.29 is 14.3 Å². The molecule has 1 fully saturated rings. The smallest absolute Gasteiger partial charge is 0.414 e. The number of hydrogen-bond donors (Lipinski definition) is 1. The van der Waals surface area contributed by atoms with Crippen LogP contribution < -0.4 is 4.90 Å². The van der Waals surface area contributed by atoms with Crippen molar-refractivity contribution in [2.24, 2.45) is 5.92 Å². The summed E-state index contributed by atoms with van der Waals surface area (Å²) >= 11 is 6.06. The van der Waals surface area contributed by atoms with Gasteiger partial charge in [-0.25, -0.2) is 4.79 Å². The van der Waals surface area contributed by atoms with Crippen LogP contribution in [-0.2, 0) is 16.0 Å². The van der Waals surface area contributed by atoms with E-state index in [0.29, 0.717) is 12.5 Å². The number of aromatic amines is 1. The Kier molecular flexibility index (Phi) is 6.50. The molecule has 2 heterocycles. The molecule has 1 aliphatic heterocycles. The standard InChI is InChI=1S/C29H34ClN3O3/c1-18-15-23-22-7-5-6-8-24(22)31-26(23)27(33(18)25(34)16-30)20-11-13-21(14-12-20)32(17-19-9-10-19)28(35)36-29(2,3)4/h5-8,11-14,18-19,27,31H,9-10,15-17H2,1-4H3/t18-,27-/m0/s1. The summed E-state index contributed by atoms with van der Waals surface area (Å²) < 4.78 is 5.70. The number of benzene rings is 2. The molecular weight excluding hydrogens is 474 g/mol. The number of carbonyl (C=O) groups is 2. The second kappa shape index (κ2) is 9.47. The van der Waals surface area contributed by atoms with E-state index in [2.05, 4.69) is 24.0 Å². The summed E-state index contributed by atoms with van der Waals surface area (Å²) in [4.78, 5) is 33.3. The van der Waals surface area contributed by atoms with Crippen LogP contribution in [0, 0.1) is 5.92 Å². The highest BCUT2D eigenvalue weighted by atomic mass is 35.5. The van der Waals surface area contributed by atoms with Gasteiger partial charge in [0.2, 0.25) is 5.91 Å². The maximum Gasteiger partial charge on any atom is 0.414 e. The number of para-hydroxylation sites is 1. The van der Waals surface area contributed by atoms with Crippen LogP contribution >= 0.6 is 11.6 Å². The Bertz CT molecular complexity index is 1270. The minimum atomic E-state index is -0.564. The van der Waals surface area contributed by atoms with E-state index in [1.54, 1.807) is 4.90 Å². The molecule has 0 radical (unpaired) electrons. The molecule has 36 heavy (non-hydrogen) atoms. The average molecular weight is 508 g/mol. The first-order valence-electron chi connectivity index (χ1n) is 12.7. The second-order valence-corrected chi connectivity index (χ2v) is 11.3. The molecule has 0 spiro atoms. The van der Waals surface area contributed by atoms with E-state index in [9.17, 15) is 9.59 Å². The van der Waals surface area contributed by atoms with Crippen LogP contribution in [-0.4, -0.2) is 46.0 Å². The Morgan fingerprint density at radius 1 is 1.11 bits per heavy atom. The molecule has 190 valence electrons. The van der Waals surface area contributed by atoms with Crippen molar-refractivity contribution in [1.29, 1.82) is 0 Å². The fourth-order valence-corrected chi connectivity index (χ4v) is 5.38. The third kappa shape index (κ3) is 4.83. The minimum absolute atomic E-state index is 0.000705. The zero-order valence-corrected chi connectivity index (χ0v) is 22.1. The number of halogens is 1. The Hall–Kier alpha value is -2.99. The Balaban J connectivity index is 1.53. The van der Waals surface area contributed by atoms with Gasteiger partial charge >= 0.3 is 6.09 Å². The largest absolute Gasteiger partial charge is 0.443 e. The van der Waals surface area contributed by atoms with Gasteiger partial charge in [-0.05, 0) is 82.2 Å².